The summed E-state index contributed by atoms with van der Waals surface area (Å²) in [4.78, 5) is 24.2. The SMILES string of the molecule is [C-]#[N+]c1cc2c(NC(C)C)ncnc2cc1OCc1cccc(S(=C)(=O)NC(=O)OCC)c1. The Balaban J connectivity index is 1.84. The minimum atomic E-state index is -3.10. The quantitative estimate of drug-likeness (QED) is 0.375. The van der Waals surface area contributed by atoms with Gasteiger partial charge >= 0.3 is 6.09 Å². The average molecular weight is 468 g/mol. The molecular formula is C23H25N5O4S. The molecular weight excluding hydrogens is 442 g/mol. The Morgan fingerprint density at radius 2 is 2.06 bits per heavy atom. The zero-order chi connectivity index (χ0) is 24.0. The predicted molar refractivity (Wildman–Crippen MR) is 129 cm³/mol. The molecule has 10 heteroatoms. The van der Waals surface area contributed by atoms with Crippen LogP contribution in [0, 0.1) is 6.57 Å². The van der Waals surface area contributed by atoms with Crippen molar-refractivity contribution >= 4 is 44.1 Å². The van der Waals surface area contributed by atoms with Crippen molar-refractivity contribution in [3.8, 4) is 5.75 Å². The van der Waals surface area contributed by atoms with Crippen LogP contribution in [-0.4, -0.2) is 38.8 Å². The van der Waals surface area contributed by atoms with Crippen molar-refractivity contribution in [3.63, 3.8) is 0 Å². The smallest absolute Gasteiger partial charge is 0.418 e. The molecule has 0 bridgehead atoms. The minimum Gasteiger partial charge on any atom is -0.500 e. The molecule has 0 aliphatic heterocycles. The highest BCUT2D eigenvalue weighted by Crippen LogP contribution is 2.35. The number of ether oxygens (including phenoxy) is 2. The van der Waals surface area contributed by atoms with Crippen LogP contribution in [0.5, 0.6) is 5.75 Å². The van der Waals surface area contributed by atoms with Crippen molar-refractivity contribution in [1.29, 1.82) is 0 Å². The number of hydrogen-bond acceptors (Lipinski definition) is 7. The first kappa shape index (κ1) is 23.8. The van der Waals surface area contributed by atoms with E-state index in [9.17, 15) is 9.00 Å². The van der Waals surface area contributed by atoms with Gasteiger partial charge in [-0.25, -0.2) is 28.5 Å². The summed E-state index contributed by atoms with van der Waals surface area (Å²) in [7, 11) is -3.10. The molecule has 172 valence electrons. The van der Waals surface area contributed by atoms with Gasteiger partial charge in [-0.2, -0.15) is 0 Å². The van der Waals surface area contributed by atoms with Crippen LogP contribution in [-0.2, 0) is 21.1 Å². The zero-order valence-electron chi connectivity index (χ0n) is 18.6. The fourth-order valence-corrected chi connectivity index (χ4v) is 4.11. The summed E-state index contributed by atoms with van der Waals surface area (Å²) in [5, 5.41) is 3.98. The third kappa shape index (κ3) is 5.90. The third-order valence-electron chi connectivity index (χ3n) is 4.46. The molecule has 2 aromatic carbocycles. The second kappa shape index (κ2) is 10.2. The monoisotopic (exact) mass is 467 g/mol. The summed E-state index contributed by atoms with van der Waals surface area (Å²) in [6.07, 6.45) is 0.657. The van der Waals surface area contributed by atoms with Crippen LogP contribution in [0.25, 0.3) is 15.7 Å². The number of nitrogens with zero attached hydrogens (tertiary/aromatic N) is 3. The Bertz CT molecular complexity index is 1320. The number of anilines is 1. The molecule has 0 aliphatic rings. The van der Waals surface area contributed by atoms with Gasteiger partial charge in [0, 0.05) is 11.4 Å². The lowest BCUT2D eigenvalue weighted by Gasteiger charge is -2.14. The summed E-state index contributed by atoms with van der Waals surface area (Å²) < 4.78 is 25.8. The Labute approximate surface area is 193 Å². The maximum Gasteiger partial charge on any atom is 0.418 e. The van der Waals surface area contributed by atoms with E-state index in [2.05, 4.69) is 30.7 Å². The van der Waals surface area contributed by atoms with Gasteiger partial charge in [0.25, 0.3) is 0 Å². The number of hydrogen-bond donors (Lipinski definition) is 2. The van der Waals surface area contributed by atoms with E-state index in [1.807, 2.05) is 13.8 Å². The molecule has 0 spiro atoms. The van der Waals surface area contributed by atoms with Crippen LogP contribution < -0.4 is 14.8 Å². The number of rotatable bonds is 8. The molecule has 1 unspecified atom stereocenters. The standard InChI is InChI=1S/C23H25N5O4S/c1-6-31-23(29)28-33(5,30)17-9-7-8-16(10-17)13-32-21-12-19-18(11-20(21)24-4)22(26-14-25-19)27-15(2)3/h7-12,14-15H,5-6,13H2,1-3H3,(H,25,26,27)(H,28,29,30). The lowest BCUT2D eigenvalue weighted by Crippen LogP contribution is -2.31. The molecule has 0 radical (unpaired) electrons. The highest BCUT2D eigenvalue weighted by atomic mass is 32.2. The lowest BCUT2D eigenvalue weighted by molar-refractivity contribution is 0.159. The predicted octanol–water partition coefficient (Wildman–Crippen LogP) is 4.32. The van der Waals surface area contributed by atoms with Gasteiger partial charge in [0.1, 0.15) is 24.5 Å². The second-order valence-electron chi connectivity index (χ2n) is 7.40. The first-order valence-electron chi connectivity index (χ1n) is 10.2. The van der Waals surface area contributed by atoms with Gasteiger partial charge in [0.2, 0.25) is 5.69 Å². The summed E-state index contributed by atoms with van der Waals surface area (Å²) >= 11 is 0. The molecule has 3 rings (SSSR count). The normalized spacial score (nSPS) is 12.6. The highest BCUT2D eigenvalue weighted by Gasteiger charge is 2.15. The average Bonchev–Trinajstić information content (AvgIpc) is 2.77. The van der Waals surface area contributed by atoms with Crippen molar-refractivity contribution in [2.45, 2.75) is 38.3 Å². The molecule has 1 heterocycles. The van der Waals surface area contributed by atoms with E-state index < -0.39 is 15.8 Å². The van der Waals surface area contributed by atoms with Gasteiger partial charge in [-0.15, -0.1) is 0 Å². The molecule has 3 aromatic rings. The topological polar surface area (TPSA) is 107 Å². The Morgan fingerprint density at radius 1 is 1.27 bits per heavy atom. The molecule has 2 N–H and O–H groups in total. The van der Waals surface area contributed by atoms with E-state index in [0.29, 0.717) is 33.2 Å². The molecule has 33 heavy (non-hydrogen) atoms. The second-order valence-corrected chi connectivity index (χ2v) is 9.43. The fraction of sp³-hybridized carbons (Fsp3) is 0.261. The van der Waals surface area contributed by atoms with Crippen LogP contribution in [0.1, 0.15) is 26.3 Å². The summed E-state index contributed by atoms with van der Waals surface area (Å²) in [5.74, 6) is 4.65. The van der Waals surface area contributed by atoms with Crippen molar-refractivity contribution in [2.24, 2.45) is 0 Å². The maximum absolute atomic E-state index is 12.8. The van der Waals surface area contributed by atoms with Gasteiger partial charge < -0.3 is 14.8 Å². The number of amides is 1. The van der Waals surface area contributed by atoms with Crippen LogP contribution in [0.4, 0.5) is 16.3 Å². The maximum atomic E-state index is 12.8. The molecule has 0 saturated carbocycles. The first-order valence-corrected chi connectivity index (χ1v) is 11.9. The molecule has 0 fully saturated rings. The summed E-state index contributed by atoms with van der Waals surface area (Å²) in [5.41, 5.74) is 1.66. The van der Waals surface area contributed by atoms with Gasteiger partial charge in [-0.05, 0) is 56.5 Å². The van der Waals surface area contributed by atoms with E-state index >= 15 is 0 Å². The Morgan fingerprint density at radius 3 is 2.76 bits per heavy atom. The van der Waals surface area contributed by atoms with Crippen molar-refractivity contribution < 1.29 is 18.5 Å². The third-order valence-corrected chi connectivity index (χ3v) is 5.97. The Hall–Kier alpha value is -3.84. The van der Waals surface area contributed by atoms with Crippen molar-refractivity contribution in [2.75, 3.05) is 11.9 Å². The molecule has 1 amide bonds. The number of carbonyl (C=O) groups excluding carboxylic acids is 1. The van der Waals surface area contributed by atoms with E-state index in [1.54, 1.807) is 43.3 Å². The first-order chi connectivity index (χ1) is 15.7. The molecule has 0 saturated heterocycles. The van der Waals surface area contributed by atoms with E-state index in [1.165, 1.54) is 6.33 Å². The van der Waals surface area contributed by atoms with Gasteiger partial charge in [-0.3, -0.25) is 0 Å². The number of fused-ring (bicyclic) bond motifs is 1. The number of nitrogens with one attached hydrogen (secondary N) is 2. The van der Waals surface area contributed by atoms with Crippen LogP contribution in [0.2, 0.25) is 0 Å². The number of aromatic nitrogens is 2. The van der Waals surface area contributed by atoms with Crippen molar-refractivity contribution in [1.82, 2.24) is 14.7 Å². The minimum absolute atomic E-state index is 0.110. The number of benzene rings is 2. The lowest BCUT2D eigenvalue weighted by atomic mass is 10.2. The van der Waals surface area contributed by atoms with E-state index in [0.717, 1.165) is 5.39 Å². The molecule has 1 atom stereocenters. The molecule has 1 aromatic heterocycles. The summed E-state index contributed by atoms with van der Waals surface area (Å²) in [6.45, 7) is 13.5. The van der Waals surface area contributed by atoms with Crippen LogP contribution in [0.15, 0.2) is 47.6 Å². The number of carbonyl (C=O) groups is 1. The van der Waals surface area contributed by atoms with Gasteiger partial charge in [0.05, 0.1) is 33.3 Å². The molecule has 0 aliphatic carbocycles. The Kier molecular flexibility index (Phi) is 7.35. The zero-order valence-corrected chi connectivity index (χ0v) is 19.4. The van der Waals surface area contributed by atoms with Crippen LogP contribution in [0.3, 0.4) is 0 Å². The van der Waals surface area contributed by atoms with E-state index in [4.69, 9.17) is 16.0 Å². The van der Waals surface area contributed by atoms with Gasteiger partial charge in [0.15, 0.2) is 0 Å². The van der Waals surface area contributed by atoms with Gasteiger partial charge in [-0.1, -0.05) is 12.1 Å². The van der Waals surface area contributed by atoms with Crippen LogP contribution >= 0.6 is 0 Å². The summed E-state index contributed by atoms with van der Waals surface area (Å²) in [6, 6.07) is 10.3. The molecule has 9 nitrogen and oxygen atoms in total. The largest absolute Gasteiger partial charge is 0.500 e. The highest BCUT2D eigenvalue weighted by molar-refractivity contribution is 7.99. The van der Waals surface area contributed by atoms with E-state index in [-0.39, 0.29) is 19.3 Å². The fourth-order valence-electron chi connectivity index (χ4n) is 3.02. The van der Waals surface area contributed by atoms with Crippen molar-refractivity contribution in [3.05, 3.63) is 59.7 Å².